The maximum atomic E-state index is 12.1. The molecule has 0 unspecified atom stereocenters. The normalized spacial score (nSPS) is 11.7. The van der Waals surface area contributed by atoms with Gasteiger partial charge in [-0.1, -0.05) is 84.9 Å². The smallest absolute Gasteiger partial charge is 0.240 e. The van der Waals surface area contributed by atoms with Gasteiger partial charge in [-0.3, -0.25) is 5.43 Å². The van der Waals surface area contributed by atoms with E-state index in [-0.39, 0.29) is 4.90 Å². The van der Waals surface area contributed by atoms with Crippen molar-refractivity contribution in [2.45, 2.75) is 11.8 Å². The van der Waals surface area contributed by atoms with Crippen LogP contribution in [0.4, 0.5) is 17.5 Å². The van der Waals surface area contributed by atoms with Crippen LogP contribution in [0.3, 0.4) is 0 Å². The quantitative estimate of drug-likeness (QED) is 0.147. The van der Waals surface area contributed by atoms with E-state index in [2.05, 4.69) is 49.8 Å². The fourth-order valence-corrected chi connectivity index (χ4v) is 4.79. The maximum Gasteiger partial charge on any atom is 0.240 e. The number of para-hydroxylation sites is 1. The molecule has 5 rings (SSSR count). The molecule has 40 heavy (non-hydrogen) atoms. The molecule has 9 heteroatoms. The summed E-state index contributed by atoms with van der Waals surface area (Å²) in [5.74, 6) is 0.947. The molecular formula is C31H28N6O2S. The Bertz CT molecular complexity index is 1720. The van der Waals surface area contributed by atoms with Crippen LogP contribution in [0.1, 0.15) is 12.5 Å². The van der Waals surface area contributed by atoms with Crippen molar-refractivity contribution < 1.29 is 8.42 Å². The average molecular weight is 549 g/mol. The van der Waals surface area contributed by atoms with E-state index in [1.54, 1.807) is 30.5 Å². The largest absolute Gasteiger partial charge is 0.324 e. The fourth-order valence-electron chi connectivity index (χ4n) is 4.06. The predicted molar refractivity (Wildman–Crippen MR) is 161 cm³/mol. The molecule has 0 atom stereocenters. The van der Waals surface area contributed by atoms with E-state index in [1.165, 1.54) is 7.05 Å². The Labute approximate surface area is 233 Å². The molecular weight excluding hydrogens is 520 g/mol. The molecule has 0 amide bonds. The third-order valence-electron chi connectivity index (χ3n) is 6.30. The highest BCUT2D eigenvalue weighted by molar-refractivity contribution is 7.89. The summed E-state index contributed by atoms with van der Waals surface area (Å²) in [5, 5.41) is 7.78. The van der Waals surface area contributed by atoms with Crippen LogP contribution >= 0.6 is 0 Å². The number of sulfonamides is 1. The van der Waals surface area contributed by atoms with Gasteiger partial charge in [0.05, 0.1) is 10.6 Å². The van der Waals surface area contributed by atoms with E-state index in [9.17, 15) is 8.42 Å². The van der Waals surface area contributed by atoms with Gasteiger partial charge in [-0.25, -0.2) is 18.1 Å². The van der Waals surface area contributed by atoms with E-state index < -0.39 is 10.0 Å². The second-order valence-corrected chi connectivity index (χ2v) is 10.8. The zero-order valence-electron chi connectivity index (χ0n) is 22.0. The molecule has 1 aromatic heterocycles. The fraction of sp³-hybridized carbons (Fsp3) is 0.0645. The summed E-state index contributed by atoms with van der Waals surface area (Å²) in [6, 6.07) is 34.6. The summed E-state index contributed by atoms with van der Waals surface area (Å²) in [5.41, 5.74) is 9.37. The van der Waals surface area contributed by atoms with Crippen molar-refractivity contribution in [3.63, 3.8) is 0 Å². The highest BCUT2D eigenvalue weighted by Gasteiger charge is 2.13. The number of benzene rings is 4. The summed E-state index contributed by atoms with van der Waals surface area (Å²) in [6.45, 7) is 1.84. The van der Waals surface area contributed by atoms with E-state index in [0.29, 0.717) is 17.5 Å². The zero-order chi connectivity index (χ0) is 28.0. The molecule has 0 fully saturated rings. The number of aromatic nitrogens is 2. The molecule has 0 aliphatic heterocycles. The lowest BCUT2D eigenvalue weighted by molar-refractivity contribution is 0.588. The van der Waals surface area contributed by atoms with Crippen LogP contribution in [0.15, 0.2) is 125 Å². The van der Waals surface area contributed by atoms with E-state index in [0.717, 1.165) is 33.5 Å². The van der Waals surface area contributed by atoms with Crippen molar-refractivity contribution in [1.29, 1.82) is 0 Å². The molecule has 5 aromatic rings. The van der Waals surface area contributed by atoms with Gasteiger partial charge in [-0.15, -0.1) is 0 Å². The van der Waals surface area contributed by atoms with E-state index in [1.807, 2.05) is 67.6 Å². The van der Waals surface area contributed by atoms with Gasteiger partial charge in [0.2, 0.25) is 16.0 Å². The lowest BCUT2D eigenvalue weighted by Gasteiger charge is -2.12. The molecule has 0 saturated carbocycles. The summed E-state index contributed by atoms with van der Waals surface area (Å²) in [6.07, 6.45) is 1.76. The summed E-state index contributed by atoms with van der Waals surface area (Å²) in [4.78, 5) is 9.45. The first-order valence-electron chi connectivity index (χ1n) is 12.6. The summed E-state index contributed by atoms with van der Waals surface area (Å²) < 4.78 is 26.4. The Morgan fingerprint density at radius 1 is 0.750 bits per heavy atom. The molecule has 200 valence electrons. The van der Waals surface area contributed by atoms with Gasteiger partial charge in [0.25, 0.3) is 0 Å². The second kappa shape index (κ2) is 11.9. The Balaban J connectivity index is 1.46. The van der Waals surface area contributed by atoms with Gasteiger partial charge < -0.3 is 5.32 Å². The van der Waals surface area contributed by atoms with Gasteiger partial charge in [0.15, 0.2) is 5.82 Å². The van der Waals surface area contributed by atoms with Crippen LogP contribution in [-0.2, 0) is 10.0 Å². The maximum absolute atomic E-state index is 12.1. The monoisotopic (exact) mass is 548 g/mol. The van der Waals surface area contributed by atoms with Gasteiger partial charge >= 0.3 is 0 Å². The number of nitrogens with zero attached hydrogens (tertiary/aromatic N) is 3. The standard InChI is InChI=1S/C31H28N6O2S/c1-22(23-17-19-28(20-18-23)40(38,39)32-2)36-37-30-29(21-33-31(35-30)34-27-11-7-4-8-12-27)26-15-13-25(14-16-26)24-9-5-3-6-10-24/h3-21,32H,1-2H3,(H2,33,34,35,37). The lowest BCUT2D eigenvalue weighted by Crippen LogP contribution is -2.18. The van der Waals surface area contributed by atoms with Gasteiger partial charge in [0.1, 0.15) is 0 Å². The second-order valence-electron chi connectivity index (χ2n) is 8.93. The Morgan fingerprint density at radius 2 is 1.35 bits per heavy atom. The first-order valence-corrected chi connectivity index (χ1v) is 14.1. The molecule has 1 heterocycles. The first-order chi connectivity index (χ1) is 19.4. The van der Waals surface area contributed by atoms with Crippen molar-refractivity contribution in [3.8, 4) is 22.3 Å². The van der Waals surface area contributed by atoms with Crippen molar-refractivity contribution in [3.05, 3.63) is 121 Å². The minimum absolute atomic E-state index is 0.188. The topological polar surface area (TPSA) is 108 Å². The van der Waals surface area contributed by atoms with Crippen molar-refractivity contribution >= 4 is 33.2 Å². The molecule has 4 aromatic carbocycles. The Kier molecular flexibility index (Phi) is 7.95. The molecule has 0 radical (unpaired) electrons. The van der Waals surface area contributed by atoms with Crippen LogP contribution in [0.25, 0.3) is 22.3 Å². The third kappa shape index (κ3) is 6.23. The SMILES string of the molecule is CNS(=O)(=O)c1ccc(C(C)=NNc2nc(Nc3ccccc3)ncc2-c2ccc(-c3ccccc3)cc2)cc1. The van der Waals surface area contributed by atoms with E-state index in [4.69, 9.17) is 4.98 Å². The molecule has 0 spiro atoms. The molecule has 8 nitrogen and oxygen atoms in total. The minimum Gasteiger partial charge on any atom is -0.324 e. The number of nitrogens with one attached hydrogen (secondary N) is 3. The molecule has 0 bridgehead atoms. The summed E-state index contributed by atoms with van der Waals surface area (Å²) >= 11 is 0. The third-order valence-corrected chi connectivity index (χ3v) is 7.73. The zero-order valence-corrected chi connectivity index (χ0v) is 22.9. The average Bonchev–Trinajstić information content (AvgIpc) is 3.01. The van der Waals surface area contributed by atoms with Crippen molar-refractivity contribution in [1.82, 2.24) is 14.7 Å². The molecule has 0 aliphatic carbocycles. The van der Waals surface area contributed by atoms with E-state index >= 15 is 0 Å². The Morgan fingerprint density at radius 3 is 2.00 bits per heavy atom. The molecule has 3 N–H and O–H groups in total. The van der Waals surface area contributed by atoms with Crippen LogP contribution in [0, 0.1) is 0 Å². The van der Waals surface area contributed by atoms with Crippen LogP contribution in [0.5, 0.6) is 0 Å². The number of hydrogen-bond acceptors (Lipinski definition) is 7. The van der Waals surface area contributed by atoms with Crippen LogP contribution in [-0.4, -0.2) is 31.1 Å². The number of hydrazone groups is 1. The van der Waals surface area contributed by atoms with Gasteiger partial charge in [-0.2, -0.15) is 10.1 Å². The minimum atomic E-state index is -3.51. The van der Waals surface area contributed by atoms with Gasteiger partial charge in [0, 0.05) is 17.4 Å². The number of anilines is 3. The number of hydrogen-bond donors (Lipinski definition) is 3. The Hall–Kier alpha value is -4.86. The van der Waals surface area contributed by atoms with Crippen molar-refractivity contribution in [2.75, 3.05) is 17.8 Å². The number of rotatable bonds is 9. The van der Waals surface area contributed by atoms with Gasteiger partial charge in [-0.05, 0) is 60.5 Å². The predicted octanol–water partition coefficient (Wildman–Crippen LogP) is 6.30. The highest BCUT2D eigenvalue weighted by Crippen LogP contribution is 2.30. The van der Waals surface area contributed by atoms with Crippen LogP contribution < -0.4 is 15.5 Å². The summed E-state index contributed by atoms with van der Waals surface area (Å²) in [7, 11) is -2.13. The molecule has 0 saturated heterocycles. The molecule has 0 aliphatic rings. The first kappa shape index (κ1) is 26.7. The van der Waals surface area contributed by atoms with Crippen molar-refractivity contribution in [2.24, 2.45) is 5.10 Å². The lowest BCUT2D eigenvalue weighted by atomic mass is 10.0. The van der Waals surface area contributed by atoms with Crippen LogP contribution in [0.2, 0.25) is 0 Å². The highest BCUT2D eigenvalue weighted by atomic mass is 32.2.